The Kier molecular flexibility index (Phi) is 7.82. The van der Waals surface area contributed by atoms with Gasteiger partial charge in [-0.05, 0) is 68.4 Å². The molecule has 2 atom stereocenters. The van der Waals surface area contributed by atoms with Crippen LogP contribution in [-0.2, 0) is 11.3 Å². The zero-order chi connectivity index (χ0) is 22.4. The van der Waals surface area contributed by atoms with Crippen LogP contribution >= 0.6 is 0 Å². The quantitative estimate of drug-likeness (QED) is 0.368. The van der Waals surface area contributed by atoms with Crippen LogP contribution in [0.15, 0.2) is 47.5 Å². The molecule has 0 saturated heterocycles. The first-order valence-corrected chi connectivity index (χ1v) is 11.0. The smallest absolute Gasteiger partial charge is 0.133 e. The Labute approximate surface area is 186 Å². The molecule has 31 heavy (non-hydrogen) atoms. The molecule has 0 radical (unpaired) electrons. The van der Waals surface area contributed by atoms with Crippen LogP contribution in [0.4, 0.5) is 11.4 Å². The van der Waals surface area contributed by atoms with E-state index in [2.05, 4.69) is 54.3 Å². The van der Waals surface area contributed by atoms with Crippen molar-refractivity contribution in [2.24, 2.45) is 10.7 Å². The molecule has 6 heteroatoms. The summed E-state index contributed by atoms with van der Waals surface area (Å²) in [5.41, 5.74) is 11.7. The van der Waals surface area contributed by atoms with E-state index in [-0.39, 0.29) is 6.04 Å². The number of fused-ring (bicyclic) bond motifs is 1. The topological polar surface area (TPSA) is 74.0 Å². The Hall–Kier alpha value is -2.70. The van der Waals surface area contributed by atoms with E-state index in [0.717, 1.165) is 49.3 Å². The van der Waals surface area contributed by atoms with E-state index in [1.165, 1.54) is 11.1 Å². The Balaban J connectivity index is 1.85. The molecule has 166 valence electrons. The lowest BCUT2D eigenvalue weighted by molar-refractivity contribution is -0.109. The second-order valence-corrected chi connectivity index (χ2v) is 8.65. The van der Waals surface area contributed by atoms with Crippen LogP contribution in [0, 0.1) is 0 Å². The molecule has 0 fully saturated rings. The number of nitrogens with two attached hydrogens (primary N) is 1. The summed E-state index contributed by atoms with van der Waals surface area (Å²) >= 11 is 0. The number of nitrogens with zero attached hydrogens (tertiary/aromatic N) is 3. The predicted octanol–water partition coefficient (Wildman–Crippen LogP) is 3.59. The number of aldehydes is 1. The van der Waals surface area contributed by atoms with Crippen LogP contribution in [0.2, 0.25) is 0 Å². The van der Waals surface area contributed by atoms with E-state index >= 15 is 0 Å². The van der Waals surface area contributed by atoms with Crippen molar-refractivity contribution < 1.29 is 4.79 Å². The Bertz CT molecular complexity index is 924. The van der Waals surface area contributed by atoms with Gasteiger partial charge < -0.3 is 20.7 Å². The summed E-state index contributed by atoms with van der Waals surface area (Å²) in [5, 5.41) is 3.17. The Morgan fingerprint density at radius 3 is 2.81 bits per heavy atom. The fourth-order valence-electron chi connectivity index (χ4n) is 4.38. The van der Waals surface area contributed by atoms with Crippen LogP contribution in [0.5, 0.6) is 0 Å². The van der Waals surface area contributed by atoms with Gasteiger partial charge in [-0.1, -0.05) is 25.1 Å². The standard InChI is InChI=1S/C25H35N5O/c1-18-16-30(21(12-14-31)11-13-29(3)4)17-19-15-20(9-10-22(18)19)28-25(26)23-7-5-6-8-24(23)27-2/h5-10,14-15,18,21,27H,11-13,16-17H2,1-4H3,(H2,26,28). The second-order valence-electron chi connectivity index (χ2n) is 8.65. The highest BCUT2D eigenvalue weighted by atomic mass is 16.1. The third-order valence-corrected chi connectivity index (χ3v) is 6.06. The third kappa shape index (κ3) is 5.71. The summed E-state index contributed by atoms with van der Waals surface area (Å²) in [5.74, 6) is 0.910. The normalized spacial score (nSPS) is 18.0. The van der Waals surface area contributed by atoms with Gasteiger partial charge in [-0.25, -0.2) is 4.99 Å². The van der Waals surface area contributed by atoms with Crippen LogP contribution in [0.25, 0.3) is 0 Å². The van der Waals surface area contributed by atoms with Crippen molar-refractivity contribution in [2.75, 3.05) is 39.5 Å². The van der Waals surface area contributed by atoms with Gasteiger partial charge in [0.05, 0.1) is 5.69 Å². The van der Waals surface area contributed by atoms with E-state index < -0.39 is 0 Å². The largest absolute Gasteiger partial charge is 0.388 e. The number of anilines is 1. The molecule has 3 rings (SSSR count). The van der Waals surface area contributed by atoms with Gasteiger partial charge in [0.2, 0.25) is 0 Å². The molecular formula is C25H35N5O. The average molecular weight is 422 g/mol. The number of amidine groups is 1. The summed E-state index contributed by atoms with van der Waals surface area (Å²) in [6.45, 7) is 5.04. The molecule has 3 N–H and O–H groups in total. The van der Waals surface area contributed by atoms with Crippen molar-refractivity contribution in [1.82, 2.24) is 9.80 Å². The van der Waals surface area contributed by atoms with Gasteiger partial charge in [0.15, 0.2) is 0 Å². The fourth-order valence-corrected chi connectivity index (χ4v) is 4.38. The molecule has 2 aromatic rings. The van der Waals surface area contributed by atoms with Crippen LogP contribution in [0.3, 0.4) is 0 Å². The number of aliphatic imine (C=N–C) groups is 1. The second kappa shape index (κ2) is 10.6. The van der Waals surface area contributed by atoms with E-state index in [0.29, 0.717) is 18.2 Å². The maximum absolute atomic E-state index is 11.3. The molecule has 2 unspecified atom stereocenters. The summed E-state index contributed by atoms with van der Waals surface area (Å²) in [4.78, 5) is 20.7. The number of nitrogens with one attached hydrogen (secondary N) is 1. The van der Waals surface area contributed by atoms with E-state index in [1.807, 2.05) is 31.3 Å². The SMILES string of the molecule is CNc1ccccc1C(N)=Nc1ccc2c(c1)CN(C(CC=O)CCN(C)C)CC2C. The van der Waals surface area contributed by atoms with Crippen molar-refractivity contribution in [1.29, 1.82) is 0 Å². The highest BCUT2D eigenvalue weighted by Gasteiger charge is 2.27. The Morgan fingerprint density at radius 1 is 1.32 bits per heavy atom. The van der Waals surface area contributed by atoms with Crippen molar-refractivity contribution in [3.63, 3.8) is 0 Å². The van der Waals surface area contributed by atoms with Crippen LogP contribution in [-0.4, -0.2) is 62.2 Å². The number of carbonyl (C=O) groups excluding carboxylic acids is 1. The molecule has 0 bridgehead atoms. The number of para-hydroxylation sites is 1. The minimum absolute atomic E-state index is 0.259. The third-order valence-electron chi connectivity index (χ3n) is 6.06. The van der Waals surface area contributed by atoms with Gasteiger partial charge in [-0.2, -0.15) is 0 Å². The number of hydrogen-bond donors (Lipinski definition) is 2. The van der Waals surface area contributed by atoms with Gasteiger partial charge in [0.25, 0.3) is 0 Å². The summed E-state index contributed by atoms with van der Waals surface area (Å²) < 4.78 is 0. The minimum atomic E-state index is 0.259. The van der Waals surface area contributed by atoms with Gasteiger partial charge in [-0.3, -0.25) is 4.90 Å². The number of carbonyl (C=O) groups is 1. The summed E-state index contributed by atoms with van der Waals surface area (Å²) in [6.07, 6.45) is 2.61. The number of rotatable bonds is 9. The molecule has 2 aromatic carbocycles. The molecule has 1 aliphatic rings. The maximum atomic E-state index is 11.3. The van der Waals surface area contributed by atoms with Gasteiger partial charge in [0.1, 0.15) is 12.1 Å². The zero-order valence-corrected chi connectivity index (χ0v) is 19.1. The molecule has 1 aliphatic heterocycles. The van der Waals surface area contributed by atoms with Crippen molar-refractivity contribution >= 4 is 23.5 Å². The van der Waals surface area contributed by atoms with E-state index in [9.17, 15) is 4.79 Å². The number of hydrogen-bond acceptors (Lipinski definition) is 5. The van der Waals surface area contributed by atoms with Crippen molar-refractivity contribution in [3.05, 3.63) is 59.2 Å². The summed E-state index contributed by atoms with van der Waals surface area (Å²) in [7, 11) is 6.03. The molecule has 0 saturated carbocycles. The van der Waals surface area contributed by atoms with Crippen molar-refractivity contribution in [2.45, 2.75) is 38.3 Å². The molecular weight excluding hydrogens is 386 g/mol. The molecule has 0 amide bonds. The first-order chi connectivity index (χ1) is 14.9. The number of benzene rings is 2. The lowest BCUT2D eigenvalue weighted by atomic mass is 9.89. The molecule has 6 nitrogen and oxygen atoms in total. The fraction of sp³-hybridized carbons (Fsp3) is 0.440. The van der Waals surface area contributed by atoms with Crippen LogP contribution in [0.1, 0.15) is 42.4 Å². The highest BCUT2D eigenvalue weighted by Crippen LogP contribution is 2.33. The highest BCUT2D eigenvalue weighted by molar-refractivity contribution is 6.03. The molecule has 1 heterocycles. The molecule has 0 aliphatic carbocycles. The minimum Gasteiger partial charge on any atom is -0.388 e. The molecule has 0 aromatic heterocycles. The monoisotopic (exact) mass is 421 g/mol. The van der Waals surface area contributed by atoms with Gasteiger partial charge >= 0.3 is 0 Å². The first kappa shape index (κ1) is 23.0. The lowest BCUT2D eigenvalue weighted by Crippen LogP contribution is -2.42. The van der Waals surface area contributed by atoms with Gasteiger partial charge in [0, 0.05) is 43.9 Å². The lowest BCUT2D eigenvalue weighted by Gasteiger charge is -2.38. The first-order valence-electron chi connectivity index (χ1n) is 11.0. The van der Waals surface area contributed by atoms with Crippen molar-refractivity contribution in [3.8, 4) is 0 Å². The Morgan fingerprint density at radius 2 is 2.10 bits per heavy atom. The van der Waals surface area contributed by atoms with Gasteiger partial charge in [-0.15, -0.1) is 0 Å². The summed E-state index contributed by atoms with van der Waals surface area (Å²) in [6, 6.07) is 14.5. The maximum Gasteiger partial charge on any atom is 0.133 e. The molecule has 0 spiro atoms. The average Bonchev–Trinajstić information content (AvgIpc) is 2.76. The van der Waals surface area contributed by atoms with Crippen LogP contribution < -0.4 is 11.1 Å². The zero-order valence-electron chi connectivity index (χ0n) is 19.1. The van der Waals surface area contributed by atoms with E-state index in [1.54, 1.807) is 0 Å². The van der Waals surface area contributed by atoms with E-state index in [4.69, 9.17) is 10.7 Å². The predicted molar refractivity (Wildman–Crippen MR) is 129 cm³/mol.